The maximum Gasteiger partial charge on any atom is 0.114 e. The van der Waals surface area contributed by atoms with Crippen molar-refractivity contribution in [2.75, 3.05) is 19.8 Å². The van der Waals surface area contributed by atoms with Crippen molar-refractivity contribution < 1.29 is 24.8 Å². The fourth-order valence-corrected chi connectivity index (χ4v) is 2.56. The second-order valence-electron chi connectivity index (χ2n) is 5.91. The predicted molar refractivity (Wildman–Crippen MR) is 85.7 cm³/mol. The van der Waals surface area contributed by atoms with Crippen molar-refractivity contribution in [1.82, 2.24) is 0 Å². The summed E-state index contributed by atoms with van der Waals surface area (Å²) in [6, 6.07) is 0. The van der Waals surface area contributed by atoms with Crippen LogP contribution in [0, 0.1) is 0 Å². The van der Waals surface area contributed by atoms with Gasteiger partial charge in [-0.3, -0.25) is 0 Å². The molecule has 1 saturated heterocycles. The standard InChI is InChI=1S/C17H32O5/c1-2-3-4-5-6-7-8-9-10-11-21-17-15(12-18)22-13-14(19)16(17)20/h7-8,14-20H,2-6,9-13H2,1H3/b8-7+/t14-,15+,16+,17+/m1/s1. The molecule has 0 bridgehead atoms. The topological polar surface area (TPSA) is 79.2 Å². The second-order valence-corrected chi connectivity index (χ2v) is 5.91. The lowest BCUT2D eigenvalue weighted by Gasteiger charge is -2.37. The Morgan fingerprint density at radius 3 is 2.50 bits per heavy atom. The molecule has 0 aromatic heterocycles. The summed E-state index contributed by atoms with van der Waals surface area (Å²) < 4.78 is 10.9. The van der Waals surface area contributed by atoms with Crippen LogP contribution in [-0.4, -0.2) is 59.6 Å². The third kappa shape index (κ3) is 7.20. The van der Waals surface area contributed by atoms with Crippen molar-refractivity contribution >= 4 is 0 Å². The van der Waals surface area contributed by atoms with Gasteiger partial charge in [0.25, 0.3) is 0 Å². The van der Waals surface area contributed by atoms with Gasteiger partial charge in [-0.1, -0.05) is 38.3 Å². The molecule has 1 rings (SSSR count). The molecule has 5 nitrogen and oxygen atoms in total. The van der Waals surface area contributed by atoms with Crippen LogP contribution < -0.4 is 0 Å². The van der Waals surface area contributed by atoms with E-state index in [1.54, 1.807) is 0 Å². The minimum absolute atomic E-state index is 0.0347. The van der Waals surface area contributed by atoms with E-state index < -0.39 is 24.4 Å². The average Bonchev–Trinajstić information content (AvgIpc) is 2.53. The number of ether oxygens (including phenoxy) is 2. The van der Waals surface area contributed by atoms with E-state index in [0.717, 1.165) is 19.3 Å². The Hall–Kier alpha value is -0.460. The molecule has 1 aliphatic heterocycles. The van der Waals surface area contributed by atoms with Gasteiger partial charge in [0.15, 0.2) is 0 Å². The van der Waals surface area contributed by atoms with Crippen LogP contribution in [0.25, 0.3) is 0 Å². The normalized spacial score (nSPS) is 29.3. The Bertz CT molecular complexity index is 293. The summed E-state index contributed by atoms with van der Waals surface area (Å²) in [7, 11) is 0. The van der Waals surface area contributed by atoms with Crippen molar-refractivity contribution in [2.45, 2.75) is 76.3 Å². The zero-order valence-corrected chi connectivity index (χ0v) is 13.7. The van der Waals surface area contributed by atoms with E-state index in [4.69, 9.17) is 9.47 Å². The molecular formula is C17H32O5. The van der Waals surface area contributed by atoms with Crippen LogP contribution in [0.1, 0.15) is 51.9 Å². The molecule has 0 aromatic rings. The van der Waals surface area contributed by atoms with Crippen molar-refractivity contribution in [3.63, 3.8) is 0 Å². The number of aliphatic hydroxyl groups excluding tert-OH is 3. The van der Waals surface area contributed by atoms with Crippen LogP contribution in [0.5, 0.6) is 0 Å². The average molecular weight is 316 g/mol. The van der Waals surface area contributed by atoms with Gasteiger partial charge >= 0.3 is 0 Å². The van der Waals surface area contributed by atoms with Crippen molar-refractivity contribution in [2.24, 2.45) is 0 Å². The van der Waals surface area contributed by atoms with Crippen LogP contribution >= 0.6 is 0 Å². The molecule has 1 heterocycles. The van der Waals surface area contributed by atoms with Gasteiger partial charge in [0.2, 0.25) is 0 Å². The van der Waals surface area contributed by atoms with Crippen molar-refractivity contribution in [3.8, 4) is 0 Å². The van der Waals surface area contributed by atoms with E-state index in [1.807, 2.05) is 0 Å². The molecule has 22 heavy (non-hydrogen) atoms. The van der Waals surface area contributed by atoms with Gasteiger partial charge in [-0.15, -0.1) is 0 Å². The Morgan fingerprint density at radius 2 is 1.82 bits per heavy atom. The molecule has 130 valence electrons. The lowest BCUT2D eigenvalue weighted by molar-refractivity contribution is -0.211. The van der Waals surface area contributed by atoms with Crippen LogP contribution in [0.3, 0.4) is 0 Å². The molecule has 1 aliphatic rings. The highest BCUT2D eigenvalue weighted by molar-refractivity contribution is 4.88. The van der Waals surface area contributed by atoms with Gasteiger partial charge in [0.1, 0.15) is 24.4 Å². The van der Waals surface area contributed by atoms with Gasteiger partial charge in [-0.2, -0.15) is 0 Å². The highest BCUT2D eigenvalue weighted by Crippen LogP contribution is 2.19. The number of rotatable bonds is 11. The van der Waals surface area contributed by atoms with Gasteiger partial charge in [-0.05, 0) is 25.7 Å². The molecule has 5 heteroatoms. The number of unbranched alkanes of at least 4 members (excludes halogenated alkanes) is 5. The maximum atomic E-state index is 9.90. The summed E-state index contributed by atoms with van der Waals surface area (Å²) in [5, 5.41) is 28.7. The summed E-state index contributed by atoms with van der Waals surface area (Å²) >= 11 is 0. The fourth-order valence-electron chi connectivity index (χ4n) is 2.56. The zero-order valence-electron chi connectivity index (χ0n) is 13.7. The van der Waals surface area contributed by atoms with Gasteiger partial charge in [0.05, 0.1) is 13.2 Å². The van der Waals surface area contributed by atoms with E-state index in [-0.39, 0.29) is 13.2 Å². The highest BCUT2D eigenvalue weighted by atomic mass is 16.6. The van der Waals surface area contributed by atoms with E-state index in [2.05, 4.69) is 19.1 Å². The molecule has 0 unspecified atom stereocenters. The predicted octanol–water partition coefficient (Wildman–Crippen LogP) is 1.79. The number of allylic oxidation sites excluding steroid dienone is 2. The lowest BCUT2D eigenvalue weighted by Crippen LogP contribution is -2.55. The summed E-state index contributed by atoms with van der Waals surface area (Å²) in [4.78, 5) is 0. The molecular weight excluding hydrogens is 284 g/mol. The van der Waals surface area contributed by atoms with E-state index in [9.17, 15) is 15.3 Å². The quantitative estimate of drug-likeness (QED) is 0.400. The first-order valence-corrected chi connectivity index (χ1v) is 8.55. The Labute approximate surface area is 133 Å². The van der Waals surface area contributed by atoms with Crippen LogP contribution in [-0.2, 0) is 9.47 Å². The molecule has 0 aromatic carbocycles. The van der Waals surface area contributed by atoms with Gasteiger partial charge in [0, 0.05) is 6.61 Å². The fraction of sp³-hybridized carbons (Fsp3) is 0.882. The van der Waals surface area contributed by atoms with Gasteiger partial charge < -0.3 is 24.8 Å². The van der Waals surface area contributed by atoms with Crippen LogP contribution in [0.4, 0.5) is 0 Å². The third-order valence-electron chi connectivity index (χ3n) is 3.97. The molecule has 0 aliphatic carbocycles. The van der Waals surface area contributed by atoms with Crippen LogP contribution in [0.15, 0.2) is 12.2 Å². The third-order valence-corrected chi connectivity index (χ3v) is 3.97. The highest BCUT2D eigenvalue weighted by Gasteiger charge is 2.39. The van der Waals surface area contributed by atoms with Gasteiger partial charge in [-0.25, -0.2) is 0 Å². The molecule has 1 fully saturated rings. The minimum atomic E-state index is -1.000. The molecule has 0 amide bonds. The second kappa shape index (κ2) is 12.0. The smallest absolute Gasteiger partial charge is 0.114 e. The summed E-state index contributed by atoms with van der Waals surface area (Å²) in [5.41, 5.74) is 0. The summed E-state index contributed by atoms with van der Waals surface area (Å²) in [5.74, 6) is 0. The Kier molecular flexibility index (Phi) is 10.7. The van der Waals surface area contributed by atoms with Crippen LogP contribution in [0.2, 0.25) is 0 Å². The zero-order chi connectivity index (χ0) is 16.2. The monoisotopic (exact) mass is 316 g/mol. The van der Waals surface area contributed by atoms with E-state index >= 15 is 0 Å². The minimum Gasteiger partial charge on any atom is -0.394 e. The van der Waals surface area contributed by atoms with E-state index in [1.165, 1.54) is 25.7 Å². The first-order chi connectivity index (χ1) is 10.7. The molecule has 0 radical (unpaired) electrons. The van der Waals surface area contributed by atoms with Crippen molar-refractivity contribution in [3.05, 3.63) is 12.2 Å². The Balaban J connectivity index is 2.10. The largest absolute Gasteiger partial charge is 0.394 e. The maximum absolute atomic E-state index is 9.90. The molecule has 0 saturated carbocycles. The SMILES string of the molecule is CCCCCC/C=C/CCCO[C@@H]1[C@@H](O)[C@H](O)CO[C@H]1CO. The van der Waals surface area contributed by atoms with E-state index in [0.29, 0.717) is 6.61 Å². The molecule has 0 spiro atoms. The lowest BCUT2D eigenvalue weighted by atomic mass is 10.0. The van der Waals surface area contributed by atoms with Crippen molar-refractivity contribution in [1.29, 1.82) is 0 Å². The molecule has 4 atom stereocenters. The summed E-state index contributed by atoms with van der Waals surface area (Å²) in [6.07, 6.45) is 9.26. The summed E-state index contributed by atoms with van der Waals surface area (Å²) in [6.45, 7) is 2.51. The number of hydrogen-bond acceptors (Lipinski definition) is 5. The Morgan fingerprint density at radius 1 is 1.09 bits per heavy atom. The number of aliphatic hydroxyl groups is 3. The first kappa shape index (κ1) is 19.6. The number of hydrogen-bond donors (Lipinski definition) is 3. The molecule has 3 N–H and O–H groups in total. The first-order valence-electron chi connectivity index (χ1n) is 8.55.